The predicted octanol–water partition coefficient (Wildman–Crippen LogP) is 9.14. The van der Waals surface area contributed by atoms with Crippen molar-refractivity contribution in [3.05, 3.63) is 102 Å². The fourth-order valence-electron chi connectivity index (χ4n) is 3.57. The van der Waals surface area contributed by atoms with E-state index < -0.39 is 0 Å². The topological polar surface area (TPSA) is 27.7 Å². The van der Waals surface area contributed by atoms with Crippen LogP contribution in [0.15, 0.2) is 78.9 Å². The monoisotopic (exact) mass is 505 g/mol. The normalized spacial score (nSPS) is 10.1. The summed E-state index contributed by atoms with van der Waals surface area (Å²) >= 11 is 0. The van der Waals surface area contributed by atoms with Crippen molar-refractivity contribution in [1.29, 1.82) is 0 Å². The first-order valence-electron chi connectivity index (χ1n) is 13.8. The second-order valence-electron chi connectivity index (χ2n) is 9.16. The van der Waals surface area contributed by atoms with Gasteiger partial charge < -0.3 is 14.2 Å². The summed E-state index contributed by atoms with van der Waals surface area (Å²) in [5.41, 5.74) is 3.98. The van der Waals surface area contributed by atoms with Gasteiger partial charge >= 0.3 is 0 Å². The molecule has 0 spiro atoms. The van der Waals surface area contributed by atoms with Crippen LogP contribution in [0.5, 0.6) is 11.5 Å². The van der Waals surface area contributed by atoms with E-state index in [9.17, 15) is 0 Å². The van der Waals surface area contributed by atoms with Crippen molar-refractivity contribution < 1.29 is 14.2 Å². The Morgan fingerprint density at radius 1 is 0.730 bits per heavy atom. The number of rotatable bonds is 13. The Hall–Kier alpha value is -2.78. The Kier molecular flexibility index (Phi) is 18.6. The molecule has 0 aliphatic carbocycles. The first-order chi connectivity index (χ1) is 18.0. The third kappa shape index (κ3) is 15.2. The van der Waals surface area contributed by atoms with E-state index >= 15 is 0 Å². The van der Waals surface area contributed by atoms with Crippen LogP contribution >= 0.6 is 0 Å². The zero-order valence-electron chi connectivity index (χ0n) is 24.0. The van der Waals surface area contributed by atoms with Gasteiger partial charge in [-0.3, -0.25) is 0 Å². The lowest BCUT2D eigenvalue weighted by Gasteiger charge is -2.11. The highest BCUT2D eigenvalue weighted by Gasteiger charge is 2.01. The lowest BCUT2D eigenvalue weighted by molar-refractivity contribution is 0.206. The van der Waals surface area contributed by atoms with E-state index in [1.807, 2.05) is 37.8 Å². The van der Waals surface area contributed by atoms with Crippen molar-refractivity contribution in [2.24, 2.45) is 5.92 Å². The molecule has 0 fully saturated rings. The SMILES string of the molecule is CCO[CH]CCCc1ccccc1.CCc1ccccc1OC.CCc1ccccc1OCCC(C)C. The molecule has 0 unspecified atom stereocenters. The van der Waals surface area contributed by atoms with Gasteiger partial charge in [-0.05, 0) is 80.2 Å². The van der Waals surface area contributed by atoms with Gasteiger partial charge in [0.25, 0.3) is 0 Å². The molecule has 203 valence electrons. The van der Waals surface area contributed by atoms with Gasteiger partial charge in [0.2, 0.25) is 0 Å². The van der Waals surface area contributed by atoms with Gasteiger partial charge in [-0.15, -0.1) is 0 Å². The smallest absolute Gasteiger partial charge is 0.122 e. The van der Waals surface area contributed by atoms with Crippen LogP contribution in [-0.4, -0.2) is 20.3 Å². The summed E-state index contributed by atoms with van der Waals surface area (Å²) in [6.45, 7) is 14.2. The van der Waals surface area contributed by atoms with Crippen LogP contribution < -0.4 is 9.47 Å². The van der Waals surface area contributed by atoms with E-state index in [4.69, 9.17) is 14.2 Å². The minimum atomic E-state index is 0.712. The third-order valence-electron chi connectivity index (χ3n) is 5.79. The average Bonchev–Trinajstić information content (AvgIpc) is 2.94. The van der Waals surface area contributed by atoms with E-state index in [1.165, 1.54) is 23.1 Å². The van der Waals surface area contributed by atoms with Crippen molar-refractivity contribution in [3.8, 4) is 11.5 Å². The Labute approximate surface area is 227 Å². The van der Waals surface area contributed by atoms with Crippen LogP contribution in [0.25, 0.3) is 0 Å². The van der Waals surface area contributed by atoms with Crippen molar-refractivity contribution in [3.63, 3.8) is 0 Å². The maximum Gasteiger partial charge on any atom is 0.122 e. The Morgan fingerprint density at radius 3 is 1.84 bits per heavy atom. The Bertz CT molecular complexity index is 898. The molecule has 3 aromatic carbocycles. The molecule has 3 heteroatoms. The highest BCUT2D eigenvalue weighted by atomic mass is 16.5. The highest BCUT2D eigenvalue weighted by molar-refractivity contribution is 5.33. The molecular formula is C34H49O3. The lowest BCUT2D eigenvalue weighted by Crippen LogP contribution is -2.02. The number of para-hydroxylation sites is 2. The van der Waals surface area contributed by atoms with Gasteiger partial charge in [0.05, 0.1) is 20.3 Å². The summed E-state index contributed by atoms with van der Waals surface area (Å²) in [5, 5.41) is 0. The maximum atomic E-state index is 5.74. The first-order valence-corrected chi connectivity index (χ1v) is 13.8. The second kappa shape index (κ2) is 21.3. The van der Waals surface area contributed by atoms with Crippen molar-refractivity contribution >= 4 is 0 Å². The fraction of sp³-hybridized carbons (Fsp3) is 0.441. The quantitative estimate of drug-likeness (QED) is 0.217. The summed E-state index contributed by atoms with van der Waals surface area (Å²) in [4.78, 5) is 0. The van der Waals surface area contributed by atoms with Gasteiger partial charge in [0.1, 0.15) is 11.5 Å². The molecule has 0 aliphatic heterocycles. The second-order valence-corrected chi connectivity index (χ2v) is 9.16. The lowest BCUT2D eigenvalue weighted by atomic mass is 10.1. The number of unbranched alkanes of at least 4 members (excludes halogenated alkanes) is 1. The molecule has 0 saturated carbocycles. The molecule has 0 saturated heterocycles. The number of hydrogen-bond donors (Lipinski definition) is 0. The minimum Gasteiger partial charge on any atom is -0.496 e. The molecule has 0 heterocycles. The van der Waals surface area contributed by atoms with Gasteiger partial charge in [0, 0.05) is 6.61 Å². The van der Waals surface area contributed by atoms with Crippen molar-refractivity contribution in [2.75, 3.05) is 20.3 Å². The molecule has 3 nitrogen and oxygen atoms in total. The van der Waals surface area contributed by atoms with Crippen LogP contribution in [-0.2, 0) is 24.0 Å². The Balaban J connectivity index is 0.000000281. The largest absolute Gasteiger partial charge is 0.496 e. The van der Waals surface area contributed by atoms with Crippen molar-refractivity contribution in [1.82, 2.24) is 0 Å². The first kappa shape index (κ1) is 32.2. The molecule has 3 rings (SSSR count). The Morgan fingerprint density at radius 2 is 1.30 bits per heavy atom. The molecule has 0 N–H and O–H groups in total. The van der Waals surface area contributed by atoms with Crippen LogP contribution in [0.4, 0.5) is 0 Å². The van der Waals surface area contributed by atoms with Crippen LogP contribution in [0, 0.1) is 12.5 Å². The molecule has 37 heavy (non-hydrogen) atoms. The van der Waals surface area contributed by atoms with E-state index in [1.54, 1.807) is 7.11 Å². The minimum absolute atomic E-state index is 0.712. The van der Waals surface area contributed by atoms with E-state index in [0.717, 1.165) is 56.8 Å². The number of hydrogen-bond acceptors (Lipinski definition) is 3. The van der Waals surface area contributed by atoms with E-state index in [-0.39, 0.29) is 0 Å². The summed E-state index contributed by atoms with van der Waals surface area (Å²) in [6, 6.07) is 26.9. The van der Waals surface area contributed by atoms with Gasteiger partial charge in [0.15, 0.2) is 0 Å². The third-order valence-corrected chi connectivity index (χ3v) is 5.79. The van der Waals surface area contributed by atoms with E-state index in [0.29, 0.717) is 5.92 Å². The fourth-order valence-corrected chi connectivity index (χ4v) is 3.57. The molecular weight excluding hydrogens is 456 g/mol. The van der Waals surface area contributed by atoms with Gasteiger partial charge in [-0.2, -0.15) is 0 Å². The molecule has 1 radical (unpaired) electrons. The van der Waals surface area contributed by atoms with Gasteiger partial charge in [-0.1, -0.05) is 94.4 Å². The number of benzene rings is 3. The summed E-state index contributed by atoms with van der Waals surface area (Å²) in [6.07, 6.45) is 6.55. The van der Waals surface area contributed by atoms with Crippen LogP contribution in [0.1, 0.15) is 70.6 Å². The molecule has 0 amide bonds. The molecule has 3 aromatic rings. The predicted molar refractivity (Wildman–Crippen MR) is 158 cm³/mol. The number of methoxy groups -OCH3 is 1. The zero-order valence-corrected chi connectivity index (χ0v) is 24.0. The standard InChI is InChI=1S/C13H20O.C12H17O.C9H12O/c1-4-12-7-5-6-8-13(12)14-10-9-11(2)3;1-2-13-11-7-6-10-12-8-4-3-5-9-12;1-3-8-6-4-5-7-9(8)10-2/h5-8,11H,4,9-10H2,1-3H3;3-5,8-9,11H,2,6-7,10H2,1H3;4-7H,3H2,1-2H3. The van der Waals surface area contributed by atoms with Gasteiger partial charge in [-0.25, -0.2) is 0 Å². The van der Waals surface area contributed by atoms with E-state index in [2.05, 4.69) is 82.3 Å². The molecule has 0 aromatic heterocycles. The van der Waals surface area contributed by atoms with Crippen LogP contribution in [0.2, 0.25) is 0 Å². The average molecular weight is 506 g/mol. The summed E-state index contributed by atoms with van der Waals surface area (Å²) in [5.74, 6) is 2.75. The molecule has 0 aliphatic rings. The highest BCUT2D eigenvalue weighted by Crippen LogP contribution is 2.19. The zero-order chi connectivity index (χ0) is 27.1. The number of ether oxygens (including phenoxy) is 3. The summed E-state index contributed by atoms with van der Waals surface area (Å²) in [7, 11) is 1.70. The maximum absolute atomic E-state index is 5.74. The molecule has 0 bridgehead atoms. The summed E-state index contributed by atoms with van der Waals surface area (Å²) < 4.78 is 16.0. The van der Waals surface area contributed by atoms with Crippen LogP contribution in [0.3, 0.4) is 0 Å². The van der Waals surface area contributed by atoms with Crippen molar-refractivity contribution in [2.45, 2.75) is 73.1 Å². The molecule has 0 atom stereocenters. The number of aryl methyl sites for hydroxylation is 3.